The number of fused-ring (bicyclic) bond motifs is 1. The second kappa shape index (κ2) is 4.19. The van der Waals surface area contributed by atoms with Crippen LogP contribution < -0.4 is 10.5 Å². The van der Waals surface area contributed by atoms with E-state index in [2.05, 4.69) is 6.92 Å². The summed E-state index contributed by atoms with van der Waals surface area (Å²) >= 11 is 0. The predicted molar refractivity (Wildman–Crippen MR) is 57.5 cm³/mol. The third-order valence-electron chi connectivity index (χ3n) is 3.13. The Morgan fingerprint density at radius 2 is 2.40 bits per heavy atom. The van der Waals surface area contributed by atoms with E-state index in [1.165, 1.54) is 6.07 Å². The van der Waals surface area contributed by atoms with Gasteiger partial charge in [0.1, 0.15) is 0 Å². The molecule has 1 heterocycles. The van der Waals surface area contributed by atoms with Crippen molar-refractivity contribution in [3.63, 3.8) is 0 Å². The average Bonchev–Trinajstić information content (AvgIpc) is 2.28. The van der Waals surface area contributed by atoms with Crippen molar-refractivity contribution >= 4 is 0 Å². The molecule has 82 valence electrons. The van der Waals surface area contributed by atoms with E-state index in [1.807, 2.05) is 6.07 Å². The Bertz CT molecular complexity index is 353. The van der Waals surface area contributed by atoms with Crippen LogP contribution in [0.4, 0.5) is 4.39 Å². The number of hydrogen-bond donors (Lipinski definition) is 1. The Hall–Kier alpha value is -1.09. The molecular formula is C12H16FNO. The molecule has 2 unspecified atom stereocenters. The Balaban J connectivity index is 2.38. The monoisotopic (exact) mass is 209 g/mol. The summed E-state index contributed by atoms with van der Waals surface area (Å²) in [6, 6.07) is 5.11. The fraction of sp³-hybridized carbons (Fsp3) is 0.500. The van der Waals surface area contributed by atoms with Crippen molar-refractivity contribution in [1.29, 1.82) is 0 Å². The van der Waals surface area contributed by atoms with Crippen molar-refractivity contribution in [3.8, 4) is 5.75 Å². The molecule has 0 fully saturated rings. The fourth-order valence-electron chi connectivity index (χ4n) is 2.17. The summed E-state index contributed by atoms with van der Waals surface area (Å²) in [5.41, 5.74) is 6.63. The van der Waals surface area contributed by atoms with Gasteiger partial charge in [0.15, 0.2) is 11.6 Å². The highest BCUT2D eigenvalue weighted by Gasteiger charge is 2.27. The van der Waals surface area contributed by atoms with Gasteiger partial charge < -0.3 is 10.5 Å². The molecule has 1 aromatic rings. The number of rotatable bonds is 2. The lowest BCUT2D eigenvalue weighted by Crippen LogP contribution is -2.25. The van der Waals surface area contributed by atoms with Gasteiger partial charge in [-0.3, -0.25) is 0 Å². The maximum atomic E-state index is 13.5. The van der Waals surface area contributed by atoms with Gasteiger partial charge in [-0.05, 0) is 30.9 Å². The number of hydrogen-bond acceptors (Lipinski definition) is 2. The predicted octanol–water partition coefficient (Wildman–Crippen LogP) is 2.29. The first kappa shape index (κ1) is 10.4. The van der Waals surface area contributed by atoms with Crippen LogP contribution >= 0.6 is 0 Å². The normalized spacial score (nSPS) is 21.7. The quantitative estimate of drug-likeness (QED) is 0.811. The van der Waals surface area contributed by atoms with Crippen molar-refractivity contribution in [2.75, 3.05) is 13.2 Å². The van der Waals surface area contributed by atoms with E-state index in [9.17, 15) is 4.39 Å². The molecule has 0 aromatic heterocycles. The molecule has 2 atom stereocenters. The summed E-state index contributed by atoms with van der Waals surface area (Å²) < 4.78 is 18.8. The van der Waals surface area contributed by atoms with Gasteiger partial charge in [0, 0.05) is 5.56 Å². The Labute approximate surface area is 89.2 Å². The van der Waals surface area contributed by atoms with E-state index < -0.39 is 0 Å². The zero-order valence-corrected chi connectivity index (χ0v) is 8.87. The molecule has 0 bridgehead atoms. The van der Waals surface area contributed by atoms with Crippen LogP contribution in [-0.4, -0.2) is 13.2 Å². The Kier molecular flexibility index (Phi) is 2.91. The lowest BCUT2D eigenvalue weighted by molar-refractivity contribution is 0.233. The minimum Gasteiger partial charge on any atom is -0.490 e. The van der Waals surface area contributed by atoms with Gasteiger partial charge in [-0.15, -0.1) is 0 Å². The summed E-state index contributed by atoms with van der Waals surface area (Å²) in [7, 11) is 0. The third kappa shape index (κ3) is 1.84. The van der Waals surface area contributed by atoms with Gasteiger partial charge in [0.25, 0.3) is 0 Å². The van der Waals surface area contributed by atoms with E-state index in [1.54, 1.807) is 6.07 Å². The minimum atomic E-state index is -0.263. The van der Waals surface area contributed by atoms with Crippen LogP contribution in [0.1, 0.15) is 24.8 Å². The number of benzene rings is 1. The molecule has 2 rings (SSSR count). The Morgan fingerprint density at radius 3 is 3.13 bits per heavy atom. The van der Waals surface area contributed by atoms with Gasteiger partial charge in [0.2, 0.25) is 0 Å². The van der Waals surface area contributed by atoms with Crippen LogP contribution in [0.3, 0.4) is 0 Å². The minimum absolute atomic E-state index is 0.263. The van der Waals surface area contributed by atoms with Gasteiger partial charge in [0.05, 0.1) is 6.61 Å². The molecule has 0 saturated carbocycles. The van der Waals surface area contributed by atoms with Gasteiger partial charge in [-0.25, -0.2) is 4.39 Å². The number of ether oxygens (including phenoxy) is 1. The van der Waals surface area contributed by atoms with Crippen molar-refractivity contribution in [2.24, 2.45) is 11.7 Å². The topological polar surface area (TPSA) is 35.2 Å². The van der Waals surface area contributed by atoms with E-state index >= 15 is 0 Å². The fourth-order valence-corrected chi connectivity index (χ4v) is 2.17. The van der Waals surface area contributed by atoms with Crippen LogP contribution in [0, 0.1) is 11.7 Å². The molecule has 15 heavy (non-hydrogen) atoms. The summed E-state index contributed by atoms with van der Waals surface area (Å²) in [6.45, 7) is 3.31. The van der Waals surface area contributed by atoms with Gasteiger partial charge in [-0.2, -0.15) is 0 Å². The summed E-state index contributed by atoms with van der Waals surface area (Å²) in [5.74, 6) is 0.861. The average molecular weight is 209 g/mol. The lowest BCUT2D eigenvalue weighted by atomic mass is 9.83. The van der Waals surface area contributed by atoms with Crippen LogP contribution in [0.15, 0.2) is 18.2 Å². The second-order valence-corrected chi connectivity index (χ2v) is 4.11. The molecule has 1 aliphatic rings. The first-order valence-corrected chi connectivity index (χ1v) is 5.35. The standard InChI is InChI=1S/C12H16FNO/c1-8(7-14)9-5-6-15-12-10(9)3-2-4-11(12)13/h2-4,8-9H,5-7,14H2,1H3. The molecule has 2 N–H and O–H groups in total. The highest BCUT2D eigenvalue weighted by atomic mass is 19.1. The molecule has 1 aromatic carbocycles. The first-order valence-electron chi connectivity index (χ1n) is 5.35. The second-order valence-electron chi connectivity index (χ2n) is 4.11. The molecule has 0 spiro atoms. The molecule has 1 aliphatic heterocycles. The molecular weight excluding hydrogens is 193 g/mol. The molecule has 0 radical (unpaired) electrons. The lowest BCUT2D eigenvalue weighted by Gasteiger charge is -2.29. The SMILES string of the molecule is CC(CN)C1CCOc2c(F)cccc21. The van der Waals surface area contributed by atoms with Crippen molar-refractivity contribution in [3.05, 3.63) is 29.6 Å². The molecule has 3 heteroatoms. The first-order chi connectivity index (χ1) is 7.24. The van der Waals surface area contributed by atoms with E-state index in [0.717, 1.165) is 12.0 Å². The maximum Gasteiger partial charge on any atom is 0.165 e. The molecule has 0 aliphatic carbocycles. The Morgan fingerprint density at radius 1 is 1.60 bits per heavy atom. The van der Waals surface area contributed by atoms with Crippen molar-refractivity contribution in [1.82, 2.24) is 0 Å². The number of halogens is 1. The maximum absolute atomic E-state index is 13.5. The van der Waals surface area contributed by atoms with E-state index in [-0.39, 0.29) is 5.82 Å². The third-order valence-corrected chi connectivity index (χ3v) is 3.13. The number of para-hydroxylation sites is 1. The molecule has 2 nitrogen and oxygen atoms in total. The van der Waals surface area contributed by atoms with Crippen LogP contribution in [0.25, 0.3) is 0 Å². The van der Waals surface area contributed by atoms with Crippen molar-refractivity contribution < 1.29 is 9.13 Å². The summed E-state index contributed by atoms with van der Waals surface area (Å²) in [5, 5.41) is 0. The smallest absolute Gasteiger partial charge is 0.165 e. The highest BCUT2D eigenvalue weighted by molar-refractivity contribution is 5.39. The van der Waals surface area contributed by atoms with Crippen molar-refractivity contribution in [2.45, 2.75) is 19.3 Å². The van der Waals surface area contributed by atoms with Gasteiger partial charge in [-0.1, -0.05) is 19.1 Å². The molecule has 0 saturated heterocycles. The van der Waals surface area contributed by atoms with Gasteiger partial charge >= 0.3 is 0 Å². The van der Waals surface area contributed by atoms with Crippen LogP contribution in [0.2, 0.25) is 0 Å². The number of nitrogens with two attached hydrogens (primary N) is 1. The van der Waals surface area contributed by atoms with Crippen LogP contribution in [0.5, 0.6) is 5.75 Å². The highest BCUT2D eigenvalue weighted by Crippen LogP contribution is 2.39. The zero-order valence-electron chi connectivity index (χ0n) is 8.87. The summed E-state index contributed by atoms with van der Waals surface area (Å²) in [6.07, 6.45) is 0.925. The summed E-state index contributed by atoms with van der Waals surface area (Å²) in [4.78, 5) is 0. The van der Waals surface area contributed by atoms with Crippen LogP contribution in [-0.2, 0) is 0 Å². The zero-order chi connectivity index (χ0) is 10.8. The largest absolute Gasteiger partial charge is 0.490 e. The van der Waals surface area contributed by atoms with E-state index in [0.29, 0.717) is 30.7 Å². The van der Waals surface area contributed by atoms with E-state index in [4.69, 9.17) is 10.5 Å². The molecule has 0 amide bonds.